The van der Waals surface area contributed by atoms with Gasteiger partial charge in [-0.05, 0) is 13.0 Å². The van der Waals surface area contributed by atoms with Crippen molar-refractivity contribution < 1.29 is 19.4 Å². The SMILES string of the molecule is CCOC(=O)C(N)CCOc1ccccc1CO. The van der Waals surface area contributed by atoms with E-state index in [9.17, 15) is 4.79 Å². The van der Waals surface area contributed by atoms with Gasteiger partial charge in [-0.25, -0.2) is 0 Å². The van der Waals surface area contributed by atoms with Crippen molar-refractivity contribution in [2.75, 3.05) is 13.2 Å². The number of carbonyl (C=O) groups is 1. The average Bonchev–Trinajstić information content (AvgIpc) is 2.39. The van der Waals surface area contributed by atoms with Gasteiger partial charge < -0.3 is 20.3 Å². The lowest BCUT2D eigenvalue weighted by molar-refractivity contribution is -0.145. The number of nitrogens with two attached hydrogens (primary N) is 1. The first-order valence-corrected chi connectivity index (χ1v) is 5.92. The molecule has 0 aliphatic carbocycles. The molecule has 0 bridgehead atoms. The number of para-hydroxylation sites is 1. The van der Waals surface area contributed by atoms with Crippen LogP contribution in [0.25, 0.3) is 0 Å². The van der Waals surface area contributed by atoms with Crippen LogP contribution in [0.4, 0.5) is 0 Å². The highest BCUT2D eigenvalue weighted by Gasteiger charge is 2.14. The fourth-order valence-corrected chi connectivity index (χ4v) is 1.44. The molecule has 1 rings (SSSR count). The van der Waals surface area contributed by atoms with Crippen LogP contribution in [0.5, 0.6) is 5.75 Å². The van der Waals surface area contributed by atoms with Crippen LogP contribution in [0.15, 0.2) is 24.3 Å². The van der Waals surface area contributed by atoms with Crippen molar-refractivity contribution in [3.05, 3.63) is 29.8 Å². The number of esters is 1. The van der Waals surface area contributed by atoms with E-state index < -0.39 is 12.0 Å². The molecule has 1 aromatic carbocycles. The van der Waals surface area contributed by atoms with Crippen molar-refractivity contribution in [2.45, 2.75) is 26.0 Å². The van der Waals surface area contributed by atoms with Gasteiger partial charge in [0.2, 0.25) is 0 Å². The van der Waals surface area contributed by atoms with Crippen molar-refractivity contribution in [3.8, 4) is 5.75 Å². The van der Waals surface area contributed by atoms with E-state index >= 15 is 0 Å². The molecule has 18 heavy (non-hydrogen) atoms. The summed E-state index contributed by atoms with van der Waals surface area (Å²) in [6.45, 7) is 2.27. The van der Waals surface area contributed by atoms with Crippen LogP contribution in [-0.4, -0.2) is 30.3 Å². The van der Waals surface area contributed by atoms with Crippen LogP contribution < -0.4 is 10.5 Å². The third kappa shape index (κ3) is 4.35. The Hall–Kier alpha value is -1.59. The number of benzene rings is 1. The standard InChI is InChI=1S/C13H19NO4/c1-2-17-13(16)11(14)7-8-18-12-6-4-3-5-10(12)9-15/h3-6,11,15H,2,7-9,14H2,1H3. The van der Waals surface area contributed by atoms with Crippen molar-refractivity contribution >= 4 is 5.97 Å². The molecule has 1 unspecified atom stereocenters. The predicted octanol–water partition coefficient (Wildman–Crippen LogP) is 0.838. The molecule has 1 atom stereocenters. The molecule has 0 saturated carbocycles. The van der Waals surface area contributed by atoms with Crippen LogP contribution in [0.3, 0.4) is 0 Å². The van der Waals surface area contributed by atoms with Gasteiger partial charge in [-0.15, -0.1) is 0 Å². The minimum Gasteiger partial charge on any atom is -0.493 e. The summed E-state index contributed by atoms with van der Waals surface area (Å²) in [7, 11) is 0. The zero-order valence-corrected chi connectivity index (χ0v) is 10.5. The maximum absolute atomic E-state index is 11.3. The van der Waals surface area contributed by atoms with Crippen molar-refractivity contribution in [1.29, 1.82) is 0 Å². The number of carbonyl (C=O) groups excluding carboxylic acids is 1. The maximum Gasteiger partial charge on any atom is 0.323 e. The summed E-state index contributed by atoms with van der Waals surface area (Å²) in [4.78, 5) is 11.3. The van der Waals surface area contributed by atoms with Gasteiger partial charge >= 0.3 is 5.97 Å². The van der Waals surface area contributed by atoms with Gasteiger partial charge in [-0.3, -0.25) is 4.79 Å². The van der Waals surface area contributed by atoms with E-state index in [1.54, 1.807) is 19.1 Å². The second-order valence-electron chi connectivity index (χ2n) is 3.76. The van der Waals surface area contributed by atoms with Crippen molar-refractivity contribution in [3.63, 3.8) is 0 Å². The molecule has 0 fully saturated rings. The Kier molecular flexibility index (Phi) is 6.18. The first-order chi connectivity index (χ1) is 8.69. The van der Waals surface area contributed by atoms with E-state index in [-0.39, 0.29) is 6.61 Å². The molecule has 1 aromatic rings. The van der Waals surface area contributed by atoms with Gasteiger partial charge in [-0.1, -0.05) is 18.2 Å². The second kappa shape index (κ2) is 7.68. The summed E-state index contributed by atoms with van der Waals surface area (Å²) in [5.41, 5.74) is 6.34. The topological polar surface area (TPSA) is 81.8 Å². The first kappa shape index (κ1) is 14.5. The number of aliphatic hydroxyl groups is 1. The van der Waals surface area contributed by atoms with Crippen LogP contribution in [0.1, 0.15) is 18.9 Å². The highest BCUT2D eigenvalue weighted by molar-refractivity contribution is 5.75. The van der Waals surface area contributed by atoms with E-state index in [0.29, 0.717) is 30.9 Å². The molecular formula is C13H19NO4. The highest BCUT2D eigenvalue weighted by Crippen LogP contribution is 2.17. The normalized spacial score (nSPS) is 11.9. The molecule has 5 heteroatoms. The minimum absolute atomic E-state index is 0.0832. The van der Waals surface area contributed by atoms with Gasteiger partial charge in [0, 0.05) is 12.0 Å². The van der Waals surface area contributed by atoms with E-state index in [1.807, 2.05) is 12.1 Å². The summed E-state index contributed by atoms with van der Waals surface area (Å²) in [6, 6.07) is 6.51. The molecule has 0 spiro atoms. The predicted molar refractivity (Wildman–Crippen MR) is 67.1 cm³/mol. The number of hydrogen-bond donors (Lipinski definition) is 2. The minimum atomic E-state index is -0.675. The third-order valence-electron chi connectivity index (χ3n) is 2.42. The van der Waals surface area contributed by atoms with E-state index in [0.717, 1.165) is 0 Å². The molecule has 0 radical (unpaired) electrons. The van der Waals surface area contributed by atoms with Crippen LogP contribution in [0.2, 0.25) is 0 Å². The van der Waals surface area contributed by atoms with Crippen molar-refractivity contribution in [1.82, 2.24) is 0 Å². The van der Waals surface area contributed by atoms with Crippen LogP contribution >= 0.6 is 0 Å². The molecular weight excluding hydrogens is 234 g/mol. The smallest absolute Gasteiger partial charge is 0.323 e. The second-order valence-corrected chi connectivity index (χ2v) is 3.76. The number of ether oxygens (including phenoxy) is 2. The Balaban J connectivity index is 2.39. The molecule has 5 nitrogen and oxygen atoms in total. The van der Waals surface area contributed by atoms with Crippen molar-refractivity contribution in [2.24, 2.45) is 5.73 Å². The lowest BCUT2D eigenvalue weighted by atomic mass is 10.2. The summed E-state index contributed by atoms with van der Waals surface area (Å²) < 4.78 is 10.3. The van der Waals surface area contributed by atoms with Gasteiger partial charge in [-0.2, -0.15) is 0 Å². The molecule has 0 aliphatic rings. The molecule has 0 saturated heterocycles. The maximum atomic E-state index is 11.3. The number of rotatable bonds is 7. The Morgan fingerprint density at radius 3 is 2.83 bits per heavy atom. The first-order valence-electron chi connectivity index (χ1n) is 5.92. The molecule has 100 valence electrons. The van der Waals surface area contributed by atoms with Gasteiger partial charge in [0.25, 0.3) is 0 Å². The molecule has 0 amide bonds. The summed E-state index contributed by atoms with van der Waals surface area (Å²) in [5.74, 6) is 0.188. The Morgan fingerprint density at radius 2 is 2.17 bits per heavy atom. The van der Waals surface area contributed by atoms with E-state index in [4.69, 9.17) is 20.3 Å². The molecule has 0 heterocycles. The fraction of sp³-hybridized carbons (Fsp3) is 0.462. The quantitative estimate of drug-likeness (QED) is 0.704. The van der Waals surface area contributed by atoms with Crippen LogP contribution in [0, 0.1) is 0 Å². The monoisotopic (exact) mass is 253 g/mol. The summed E-state index contributed by atoms with van der Waals surface area (Å²) in [6.07, 6.45) is 0.374. The Labute approximate surface area is 107 Å². The highest BCUT2D eigenvalue weighted by atomic mass is 16.5. The molecule has 0 aliphatic heterocycles. The lowest BCUT2D eigenvalue weighted by Crippen LogP contribution is -2.33. The largest absolute Gasteiger partial charge is 0.493 e. The van der Waals surface area contributed by atoms with Gasteiger partial charge in [0.1, 0.15) is 11.8 Å². The Bertz CT molecular complexity index is 381. The zero-order valence-electron chi connectivity index (χ0n) is 10.5. The van der Waals surface area contributed by atoms with Gasteiger partial charge in [0.05, 0.1) is 19.8 Å². The zero-order chi connectivity index (χ0) is 13.4. The molecule has 0 aromatic heterocycles. The Morgan fingerprint density at radius 1 is 1.44 bits per heavy atom. The number of hydrogen-bond acceptors (Lipinski definition) is 5. The van der Waals surface area contributed by atoms with Gasteiger partial charge in [0.15, 0.2) is 0 Å². The lowest BCUT2D eigenvalue weighted by Gasteiger charge is -2.13. The summed E-state index contributed by atoms with van der Waals surface area (Å²) in [5, 5.41) is 9.11. The number of aliphatic hydroxyl groups excluding tert-OH is 1. The van der Waals surface area contributed by atoms with E-state index in [1.165, 1.54) is 0 Å². The average molecular weight is 253 g/mol. The molecule has 3 N–H and O–H groups in total. The van der Waals surface area contributed by atoms with E-state index in [2.05, 4.69) is 0 Å². The fourth-order valence-electron chi connectivity index (χ4n) is 1.44. The van der Waals surface area contributed by atoms with Crippen LogP contribution in [-0.2, 0) is 16.1 Å². The summed E-state index contributed by atoms with van der Waals surface area (Å²) >= 11 is 0. The third-order valence-corrected chi connectivity index (χ3v) is 2.42.